The Labute approximate surface area is 220 Å². The zero-order valence-electron chi connectivity index (χ0n) is 21.1. The molecule has 1 heterocycles. The third-order valence-corrected chi connectivity index (χ3v) is 6.65. The number of carbonyl (C=O) groups is 2. The van der Waals surface area contributed by atoms with Crippen molar-refractivity contribution < 1.29 is 28.9 Å². The zero-order valence-corrected chi connectivity index (χ0v) is 21.1. The summed E-state index contributed by atoms with van der Waals surface area (Å²) in [6, 6.07) is 26.6. The molecule has 1 unspecified atom stereocenters. The summed E-state index contributed by atoms with van der Waals surface area (Å²) in [5, 5.41) is 13.3. The van der Waals surface area contributed by atoms with Gasteiger partial charge in [-0.2, -0.15) is 0 Å². The molecule has 1 saturated heterocycles. The van der Waals surface area contributed by atoms with Crippen molar-refractivity contribution in [2.45, 2.75) is 6.04 Å². The van der Waals surface area contributed by atoms with Crippen LogP contribution in [0.15, 0.2) is 96.6 Å². The molecule has 7 heteroatoms. The third kappa shape index (κ3) is 4.78. The molecule has 5 rings (SSSR count). The van der Waals surface area contributed by atoms with Gasteiger partial charge in [-0.1, -0.05) is 48.5 Å². The summed E-state index contributed by atoms with van der Waals surface area (Å²) >= 11 is 0. The summed E-state index contributed by atoms with van der Waals surface area (Å²) in [6.45, 7) is 0.295. The average Bonchev–Trinajstić information content (AvgIpc) is 3.22. The van der Waals surface area contributed by atoms with E-state index >= 15 is 0 Å². The van der Waals surface area contributed by atoms with Gasteiger partial charge in [-0.3, -0.25) is 9.59 Å². The van der Waals surface area contributed by atoms with Crippen molar-refractivity contribution >= 4 is 28.2 Å². The SMILES string of the molecule is COc1ccc(OCCN2C(=O)C(=O)/C(=C(\O)c3ccc4ccccc4c3)C2c2ccc(OC)cc2)cc1. The summed E-state index contributed by atoms with van der Waals surface area (Å²) < 4.78 is 16.3. The van der Waals surface area contributed by atoms with Crippen LogP contribution in [-0.2, 0) is 9.59 Å². The van der Waals surface area contributed by atoms with E-state index in [1.807, 2.05) is 36.4 Å². The first kappa shape index (κ1) is 24.9. The van der Waals surface area contributed by atoms with E-state index in [4.69, 9.17) is 14.2 Å². The Morgan fingerprint density at radius 2 is 1.39 bits per heavy atom. The summed E-state index contributed by atoms with van der Waals surface area (Å²) in [5.74, 6) is 0.319. The Morgan fingerprint density at radius 1 is 0.789 bits per heavy atom. The zero-order chi connectivity index (χ0) is 26.6. The lowest BCUT2D eigenvalue weighted by Crippen LogP contribution is -2.33. The standard InChI is InChI=1S/C31H27NO6/c1-36-24-11-9-21(10-12-24)28-27(29(33)23-8-7-20-5-3-4-6-22(20)19-23)30(34)31(35)32(28)17-18-38-26-15-13-25(37-2)14-16-26/h3-16,19,28,33H,17-18H2,1-2H3/b29-27-. The van der Waals surface area contributed by atoms with Crippen LogP contribution >= 0.6 is 0 Å². The first-order chi connectivity index (χ1) is 18.5. The molecule has 0 spiro atoms. The molecule has 0 radical (unpaired) electrons. The van der Waals surface area contributed by atoms with E-state index in [-0.39, 0.29) is 24.5 Å². The van der Waals surface area contributed by atoms with E-state index in [9.17, 15) is 14.7 Å². The number of fused-ring (bicyclic) bond motifs is 1. The van der Waals surface area contributed by atoms with Gasteiger partial charge in [-0.05, 0) is 58.8 Å². The van der Waals surface area contributed by atoms with Crippen LogP contribution in [0, 0.1) is 0 Å². The molecule has 1 atom stereocenters. The second-order valence-electron chi connectivity index (χ2n) is 8.85. The molecular formula is C31H27NO6. The summed E-state index contributed by atoms with van der Waals surface area (Å²) in [5.41, 5.74) is 1.19. The lowest BCUT2D eigenvalue weighted by atomic mass is 9.94. The maximum atomic E-state index is 13.3. The van der Waals surface area contributed by atoms with Gasteiger partial charge >= 0.3 is 0 Å². The highest BCUT2D eigenvalue weighted by molar-refractivity contribution is 6.46. The van der Waals surface area contributed by atoms with Crippen LogP contribution in [0.1, 0.15) is 17.2 Å². The molecule has 192 valence electrons. The number of hydrogen-bond donors (Lipinski definition) is 1. The molecular weight excluding hydrogens is 482 g/mol. The minimum atomic E-state index is -0.785. The van der Waals surface area contributed by atoms with Gasteiger partial charge in [-0.15, -0.1) is 0 Å². The fourth-order valence-electron chi connectivity index (χ4n) is 4.67. The quantitative estimate of drug-likeness (QED) is 0.196. The Balaban J connectivity index is 1.50. The minimum absolute atomic E-state index is 0.0416. The van der Waals surface area contributed by atoms with E-state index in [1.165, 1.54) is 4.90 Å². The lowest BCUT2D eigenvalue weighted by Gasteiger charge is -2.25. The van der Waals surface area contributed by atoms with Gasteiger partial charge in [-0.25, -0.2) is 0 Å². The second kappa shape index (κ2) is 10.7. The maximum Gasteiger partial charge on any atom is 0.295 e. The molecule has 0 bridgehead atoms. The highest BCUT2D eigenvalue weighted by Gasteiger charge is 2.46. The normalized spacial score (nSPS) is 16.6. The number of aliphatic hydroxyl groups excluding tert-OH is 1. The highest BCUT2D eigenvalue weighted by Crippen LogP contribution is 2.40. The van der Waals surface area contributed by atoms with Gasteiger partial charge in [0.25, 0.3) is 11.7 Å². The number of rotatable bonds is 8. The van der Waals surface area contributed by atoms with Crippen LogP contribution in [0.5, 0.6) is 17.2 Å². The van der Waals surface area contributed by atoms with Crippen LogP contribution in [0.25, 0.3) is 16.5 Å². The van der Waals surface area contributed by atoms with E-state index < -0.39 is 17.7 Å². The topological polar surface area (TPSA) is 85.3 Å². The van der Waals surface area contributed by atoms with Gasteiger partial charge in [0, 0.05) is 5.56 Å². The van der Waals surface area contributed by atoms with E-state index in [0.29, 0.717) is 28.4 Å². The molecule has 4 aromatic rings. The number of aliphatic hydroxyl groups is 1. The number of ether oxygens (including phenoxy) is 3. The molecule has 1 amide bonds. The number of Topliss-reactive ketones (excluding diaryl/α,β-unsaturated/α-hetero) is 1. The Morgan fingerprint density at radius 3 is 2.05 bits per heavy atom. The minimum Gasteiger partial charge on any atom is -0.507 e. The van der Waals surface area contributed by atoms with Crippen LogP contribution in [0.2, 0.25) is 0 Å². The molecule has 0 saturated carbocycles. The molecule has 7 nitrogen and oxygen atoms in total. The molecule has 0 aromatic heterocycles. The lowest BCUT2D eigenvalue weighted by molar-refractivity contribution is -0.140. The van der Waals surface area contributed by atoms with Gasteiger partial charge < -0.3 is 24.2 Å². The van der Waals surface area contributed by atoms with Crippen molar-refractivity contribution in [3.63, 3.8) is 0 Å². The number of methoxy groups -OCH3 is 2. The number of amides is 1. The fraction of sp³-hybridized carbons (Fsp3) is 0.161. The predicted molar refractivity (Wildman–Crippen MR) is 144 cm³/mol. The van der Waals surface area contributed by atoms with Gasteiger partial charge in [0.05, 0.1) is 32.4 Å². The van der Waals surface area contributed by atoms with Gasteiger partial charge in [0.1, 0.15) is 29.6 Å². The monoisotopic (exact) mass is 509 g/mol. The van der Waals surface area contributed by atoms with Crippen LogP contribution in [-0.4, -0.2) is 49.1 Å². The highest BCUT2D eigenvalue weighted by atomic mass is 16.5. The maximum absolute atomic E-state index is 13.3. The van der Waals surface area contributed by atoms with Crippen LogP contribution in [0.4, 0.5) is 0 Å². The van der Waals surface area contributed by atoms with Crippen molar-refractivity contribution in [2.24, 2.45) is 0 Å². The van der Waals surface area contributed by atoms with Crippen molar-refractivity contribution in [1.29, 1.82) is 0 Å². The molecule has 0 aliphatic carbocycles. The fourth-order valence-corrected chi connectivity index (χ4v) is 4.67. The number of benzene rings is 4. The molecule has 4 aromatic carbocycles. The van der Waals surface area contributed by atoms with E-state index in [0.717, 1.165) is 10.8 Å². The second-order valence-corrected chi connectivity index (χ2v) is 8.85. The Bertz CT molecular complexity index is 1510. The molecule has 1 aliphatic heterocycles. The number of hydrogen-bond acceptors (Lipinski definition) is 6. The molecule has 1 N–H and O–H groups in total. The number of nitrogens with zero attached hydrogens (tertiary/aromatic N) is 1. The van der Waals surface area contributed by atoms with Crippen LogP contribution in [0.3, 0.4) is 0 Å². The van der Waals surface area contributed by atoms with Gasteiger partial charge in [0.2, 0.25) is 0 Å². The number of carbonyl (C=O) groups excluding carboxylic acids is 2. The third-order valence-electron chi connectivity index (χ3n) is 6.65. The predicted octanol–water partition coefficient (Wildman–Crippen LogP) is 5.36. The van der Waals surface area contributed by atoms with E-state index in [1.54, 1.807) is 68.8 Å². The van der Waals surface area contributed by atoms with Crippen molar-refractivity contribution in [1.82, 2.24) is 4.90 Å². The van der Waals surface area contributed by atoms with E-state index in [2.05, 4.69) is 0 Å². The first-order valence-electron chi connectivity index (χ1n) is 12.2. The van der Waals surface area contributed by atoms with Gasteiger partial charge in [0.15, 0.2) is 0 Å². The largest absolute Gasteiger partial charge is 0.507 e. The van der Waals surface area contributed by atoms with Crippen molar-refractivity contribution in [3.05, 3.63) is 108 Å². The van der Waals surface area contributed by atoms with Crippen molar-refractivity contribution in [3.8, 4) is 17.2 Å². The summed E-state index contributed by atoms with van der Waals surface area (Å²) in [7, 11) is 3.15. The number of ketones is 1. The summed E-state index contributed by atoms with van der Waals surface area (Å²) in [6.07, 6.45) is 0. The smallest absolute Gasteiger partial charge is 0.295 e. The average molecular weight is 510 g/mol. The first-order valence-corrected chi connectivity index (χ1v) is 12.2. The number of likely N-dealkylation sites (tertiary alicyclic amines) is 1. The molecule has 1 fully saturated rings. The molecule has 1 aliphatic rings. The van der Waals surface area contributed by atoms with Crippen LogP contribution < -0.4 is 14.2 Å². The van der Waals surface area contributed by atoms with Crippen molar-refractivity contribution in [2.75, 3.05) is 27.4 Å². The summed E-state index contributed by atoms with van der Waals surface area (Å²) in [4.78, 5) is 28.0. The molecule has 38 heavy (non-hydrogen) atoms. The Hall–Kier alpha value is -4.78. The Kier molecular flexibility index (Phi) is 7.00.